The monoisotopic (exact) mass is 418 g/mol. The Hall–Kier alpha value is -3.19. The maximum atomic E-state index is 13.1. The van der Waals surface area contributed by atoms with E-state index in [9.17, 15) is 9.59 Å². The number of thioether (sulfide) groups is 1. The van der Waals surface area contributed by atoms with Crippen LogP contribution < -0.4 is 10.9 Å². The summed E-state index contributed by atoms with van der Waals surface area (Å²) in [6, 6.07) is 16.9. The Balaban J connectivity index is 1.64. The van der Waals surface area contributed by atoms with Gasteiger partial charge in [0.1, 0.15) is 0 Å². The molecule has 0 spiro atoms. The molecule has 0 saturated carbocycles. The van der Waals surface area contributed by atoms with Crippen LogP contribution in [0.3, 0.4) is 0 Å². The molecule has 4 aromatic rings. The van der Waals surface area contributed by atoms with Crippen LogP contribution in [0.15, 0.2) is 64.5 Å². The number of fused-ring (bicyclic) bond motifs is 2. The Morgan fingerprint density at radius 3 is 2.40 bits per heavy atom. The van der Waals surface area contributed by atoms with Crippen molar-refractivity contribution in [1.29, 1.82) is 0 Å². The number of rotatable bonds is 5. The third-order valence-electron chi connectivity index (χ3n) is 4.96. The van der Waals surface area contributed by atoms with E-state index in [2.05, 4.69) is 15.3 Å². The van der Waals surface area contributed by atoms with Crippen LogP contribution in [0.4, 0.5) is 5.69 Å². The average Bonchev–Trinajstić information content (AvgIpc) is 2.75. The molecule has 0 radical (unpaired) electrons. The molecule has 7 heteroatoms. The lowest BCUT2D eigenvalue weighted by Gasteiger charge is -2.17. The molecule has 2 heterocycles. The molecule has 1 unspecified atom stereocenters. The van der Waals surface area contributed by atoms with Gasteiger partial charge in [0, 0.05) is 18.1 Å². The number of aromatic nitrogens is 3. The van der Waals surface area contributed by atoms with Crippen LogP contribution in [-0.4, -0.2) is 25.7 Å². The standard InChI is InChI=1S/C23H22N4O2S/c1-4-20(30-23-26-18-12-8-6-10-16(18)22(29)27(23)3)21(28)25-19-13-14(2)24-17-11-7-5-9-15(17)19/h5-13,20H,4H2,1-3H3,(H,24,25,28). The maximum absolute atomic E-state index is 13.1. The van der Waals surface area contributed by atoms with Crippen LogP contribution in [0.25, 0.3) is 21.8 Å². The summed E-state index contributed by atoms with van der Waals surface area (Å²) in [6.45, 7) is 3.86. The first-order chi connectivity index (χ1) is 14.5. The van der Waals surface area contributed by atoms with Gasteiger partial charge < -0.3 is 5.32 Å². The SMILES string of the molecule is CCC(Sc1nc2ccccc2c(=O)n1C)C(=O)Nc1cc(C)nc2ccccc12. The molecule has 4 rings (SSSR count). The molecule has 1 atom stereocenters. The Labute approximate surface area is 178 Å². The Kier molecular flexibility index (Phi) is 5.55. The van der Waals surface area contributed by atoms with Gasteiger partial charge in [0.05, 0.1) is 27.4 Å². The zero-order valence-corrected chi connectivity index (χ0v) is 17.9. The zero-order chi connectivity index (χ0) is 21.3. The van der Waals surface area contributed by atoms with Crippen molar-refractivity contribution in [2.75, 3.05) is 5.32 Å². The number of carbonyl (C=O) groups excluding carboxylic acids is 1. The van der Waals surface area contributed by atoms with Crippen LogP contribution in [-0.2, 0) is 11.8 Å². The minimum atomic E-state index is -0.392. The third kappa shape index (κ3) is 3.80. The number of benzene rings is 2. The predicted molar refractivity (Wildman–Crippen MR) is 122 cm³/mol. The van der Waals surface area contributed by atoms with Gasteiger partial charge in [-0.05, 0) is 37.6 Å². The number of aryl methyl sites for hydroxylation is 1. The highest BCUT2D eigenvalue weighted by Gasteiger charge is 2.22. The van der Waals surface area contributed by atoms with E-state index < -0.39 is 5.25 Å². The van der Waals surface area contributed by atoms with E-state index >= 15 is 0 Å². The van der Waals surface area contributed by atoms with Gasteiger partial charge in [0.2, 0.25) is 5.91 Å². The van der Waals surface area contributed by atoms with Crippen molar-refractivity contribution in [3.8, 4) is 0 Å². The summed E-state index contributed by atoms with van der Waals surface area (Å²) in [4.78, 5) is 34.9. The highest BCUT2D eigenvalue weighted by Crippen LogP contribution is 2.27. The number of hydrogen-bond acceptors (Lipinski definition) is 5. The number of pyridine rings is 1. The third-order valence-corrected chi connectivity index (χ3v) is 6.36. The first-order valence-corrected chi connectivity index (χ1v) is 10.7. The largest absolute Gasteiger partial charge is 0.324 e. The number of amides is 1. The van der Waals surface area contributed by atoms with Crippen LogP contribution >= 0.6 is 11.8 Å². The van der Waals surface area contributed by atoms with Crippen molar-refractivity contribution in [2.45, 2.75) is 30.7 Å². The Bertz CT molecular complexity index is 1320. The van der Waals surface area contributed by atoms with Crippen LogP contribution in [0, 0.1) is 6.92 Å². The molecule has 0 aliphatic carbocycles. The van der Waals surface area contributed by atoms with E-state index in [0.717, 1.165) is 22.3 Å². The molecule has 0 fully saturated rings. The molecule has 2 aromatic carbocycles. The lowest BCUT2D eigenvalue weighted by Crippen LogP contribution is -2.27. The first-order valence-electron chi connectivity index (χ1n) is 9.77. The number of para-hydroxylation sites is 2. The Morgan fingerprint density at radius 2 is 1.70 bits per heavy atom. The molecule has 0 saturated heterocycles. The van der Waals surface area contributed by atoms with E-state index in [4.69, 9.17) is 0 Å². The number of nitrogens with zero attached hydrogens (tertiary/aromatic N) is 3. The second-order valence-corrected chi connectivity index (χ2v) is 8.28. The Morgan fingerprint density at radius 1 is 1.07 bits per heavy atom. The van der Waals surface area contributed by atoms with Gasteiger partial charge in [0.15, 0.2) is 5.16 Å². The van der Waals surface area contributed by atoms with Crippen molar-refractivity contribution in [1.82, 2.24) is 14.5 Å². The molecule has 6 nitrogen and oxygen atoms in total. The molecule has 152 valence electrons. The van der Waals surface area contributed by atoms with Gasteiger partial charge in [-0.3, -0.25) is 19.1 Å². The van der Waals surface area contributed by atoms with E-state index in [1.165, 1.54) is 16.3 Å². The highest BCUT2D eigenvalue weighted by molar-refractivity contribution is 8.00. The van der Waals surface area contributed by atoms with Crippen LogP contribution in [0.5, 0.6) is 0 Å². The molecule has 30 heavy (non-hydrogen) atoms. The second-order valence-electron chi connectivity index (χ2n) is 7.11. The number of anilines is 1. The molecule has 1 amide bonds. The van der Waals surface area contributed by atoms with Crippen molar-refractivity contribution < 1.29 is 4.79 Å². The van der Waals surface area contributed by atoms with Crippen molar-refractivity contribution >= 4 is 45.2 Å². The molecule has 0 bridgehead atoms. The lowest BCUT2D eigenvalue weighted by atomic mass is 10.1. The number of hydrogen-bond donors (Lipinski definition) is 1. The smallest absolute Gasteiger partial charge is 0.261 e. The topological polar surface area (TPSA) is 76.9 Å². The molecule has 0 aliphatic rings. The van der Waals surface area contributed by atoms with Gasteiger partial charge in [0.25, 0.3) is 5.56 Å². The van der Waals surface area contributed by atoms with Gasteiger partial charge >= 0.3 is 0 Å². The van der Waals surface area contributed by atoms with Gasteiger partial charge in [-0.2, -0.15) is 0 Å². The van der Waals surface area contributed by atoms with E-state index in [-0.39, 0.29) is 11.5 Å². The zero-order valence-electron chi connectivity index (χ0n) is 17.0. The molecule has 2 aromatic heterocycles. The van der Waals surface area contributed by atoms with Gasteiger partial charge in [-0.15, -0.1) is 0 Å². The van der Waals surface area contributed by atoms with Crippen LogP contribution in [0.2, 0.25) is 0 Å². The highest BCUT2D eigenvalue weighted by atomic mass is 32.2. The normalized spacial score (nSPS) is 12.2. The summed E-state index contributed by atoms with van der Waals surface area (Å²) in [5.74, 6) is -0.124. The van der Waals surface area contributed by atoms with Crippen molar-refractivity contribution in [3.05, 3.63) is 70.6 Å². The molecular weight excluding hydrogens is 396 g/mol. The number of nitrogens with one attached hydrogen (secondary N) is 1. The average molecular weight is 419 g/mol. The summed E-state index contributed by atoms with van der Waals surface area (Å²) < 4.78 is 1.51. The summed E-state index contributed by atoms with van der Waals surface area (Å²) in [6.07, 6.45) is 0.598. The summed E-state index contributed by atoms with van der Waals surface area (Å²) in [5.41, 5.74) is 2.93. The quantitative estimate of drug-likeness (QED) is 0.386. The fourth-order valence-electron chi connectivity index (χ4n) is 3.38. The summed E-state index contributed by atoms with van der Waals surface area (Å²) in [7, 11) is 1.69. The fraction of sp³-hybridized carbons (Fsp3) is 0.217. The lowest BCUT2D eigenvalue weighted by molar-refractivity contribution is -0.115. The first kappa shape index (κ1) is 20.1. The fourth-order valence-corrected chi connectivity index (χ4v) is 4.36. The van der Waals surface area contributed by atoms with Gasteiger partial charge in [-0.25, -0.2) is 4.98 Å². The minimum Gasteiger partial charge on any atom is -0.324 e. The summed E-state index contributed by atoms with van der Waals surface area (Å²) >= 11 is 1.31. The minimum absolute atomic E-state index is 0.117. The van der Waals surface area contributed by atoms with E-state index in [0.29, 0.717) is 22.5 Å². The van der Waals surface area contributed by atoms with Gasteiger partial charge in [-0.1, -0.05) is 49.0 Å². The molecule has 1 N–H and O–H groups in total. The van der Waals surface area contributed by atoms with Crippen LogP contribution in [0.1, 0.15) is 19.0 Å². The predicted octanol–water partition coefficient (Wildman–Crippen LogP) is 4.30. The summed E-state index contributed by atoms with van der Waals surface area (Å²) in [5, 5.41) is 4.65. The molecule has 0 aliphatic heterocycles. The van der Waals surface area contributed by atoms with E-state index in [1.807, 2.05) is 62.4 Å². The second kappa shape index (κ2) is 8.28. The van der Waals surface area contributed by atoms with Crippen molar-refractivity contribution in [3.63, 3.8) is 0 Å². The molecular formula is C23H22N4O2S. The maximum Gasteiger partial charge on any atom is 0.261 e. The van der Waals surface area contributed by atoms with E-state index in [1.54, 1.807) is 13.1 Å². The number of carbonyl (C=O) groups is 1. The van der Waals surface area contributed by atoms with Crippen molar-refractivity contribution in [2.24, 2.45) is 7.05 Å².